The number of ether oxygens (including phenoxy) is 2. The van der Waals surface area contributed by atoms with Gasteiger partial charge in [0, 0.05) is 11.6 Å². The van der Waals surface area contributed by atoms with Gasteiger partial charge in [0.15, 0.2) is 5.11 Å². The highest BCUT2D eigenvalue weighted by molar-refractivity contribution is 7.80. The number of hydrogen-bond donors (Lipinski definition) is 1. The molecule has 0 radical (unpaired) electrons. The molecule has 1 saturated heterocycles. The Bertz CT molecular complexity index is 1040. The lowest BCUT2D eigenvalue weighted by molar-refractivity contribution is -0.124. The molecule has 1 saturated carbocycles. The second-order valence-corrected chi connectivity index (χ2v) is 8.92. The number of carbonyl (C=O) groups excluding carboxylic acids is 1. The molecular formula is C26H30N2O3S. The monoisotopic (exact) mass is 450 g/mol. The standard InChI is InChI=1S/C26H30N2O3S/c1-17-8-7-9-18(2)24(17)31-16-20-14-19(12-13-23(20)30-3)15-22-25(29)28(26(32)27-22)21-10-5-4-6-11-21/h7-9,12-15,21H,4-6,10-11,16H2,1-3H3,(H,27,32)/b22-15+. The Morgan fingerprint density at radius 1 is 1.12 bits per heavy atom. The van der Waals surface area contributed by atoms with Crippen LogP contribution in [0, 0.1) is 13.8 Å². The third-order valence-corrected chi connectivity index (χ3v) is 6.54. The Kier molecular flexibility index (Phi) is 6.80. The molecule has 0 bridgehead atoms. The average Bonchev–Trinajstić information content (AvgIpc) is 3.07. The summed E-state index contributed by atoms with van der Waals surface area (Å²) in [4.78, 5) is 14.8. The molecule has 1 aliphatic carbocycles. The minimum absolute atomic E-state index is 0.0361. The normalized spacial score (nSPS) is 18.2. The van der Waals surface area contributed by atoms with Gasteiger partial charge in [-0.1, -0.05) is 43.5 Å². The molecule has 1 amide bonds. The maximum Gasteiger partial charge on any atom is 0.276 e. The average molecular weight is 451 g/mol. The van der Waals surface area contributed by atoms with Crippen LogP contribution in [0.3, 0.4) is 0 Å². The quantitative estimate of drug-likeness (QED) is 0.479. The molecule has 0 spiro atoms. The number of benzene rings is 2. The third kappa shape index (κ3) is 4.65. The molecule has 0 atom stereocenters. The minimum Gasteiger partial charge on any atom is -0.496 e. The van der Waals surface area contributed by atoms with Crippen LogP contribution in [0.25, 0.3) is 6.08 Å². The number of aryl methyl sites for hydroxylation is 2. The van der Waals surface area contributed by atoms with Gasteiger partial charge >= 0.3 is 0 Å². The zero-order valence-electron chi connectivity index (χ0n) is 18.9. The van der Waals surface area contributed by atoms with Gasteiger partial charge in [-0.2, -0.15) is 0 Å². The van der Waals surface area contributed by atoms with Crippen LogP contribution in [0.5, 0.6) is 11.5 Å². The molecule has 1 aliphatic heterocycles. The van der Waals surface area contributed by atoms with Gasteiger partial charge in [-0.25, -0.2) is 0 Å². The third-order valence-electron chi connectivity index (χ3n) is 6.25. The molecule has 5 nitrogen and oxygen atoms in total. The SMILES string of the molecule is COc1ccc(/C=C2/NC(=S)N(C3CCCCC3)C2=O)cc1COc1c(C)cccc1C. The van der Waals surface area contributed by atoms with Crippen LogP contribution in [-0.2, 0) is 11.4 Å². The summed E-state index contributed by atoms with van der Waals surface area (Å²) >= 11 is 5.49. The molecule has 1 heterocycles. The van der Waals surface area contributed by atoms with Gasteiger partial charge in [0.1, 0.15) is 23.8 Å². The van der Waals surface area contributed by atoms with E-state index < -0.39 is 0 Å². The van der Waals surface area contributed by atoms with Crippen molar-refractivity contribution in [1.29, 1.82) is 0 Å². The van der Waals surface area contributed by atoms with Crippen LogP contribution >= 0.6 is 12.2 Å². The lowest BCUT2D eigenvalue weighted by atomic mass is 9.94. The number of methoxy groups -OCH3 is 1. The van der Waals surface area contributed by atoms with Gasteiger partial charge in [0.05, 0.1) is 7.11 Å². The van der Waals surface area contributed by atoms with Crippen LogP contribution in [0.4, 0.5) is 0 Å². The Balaban J connectivity index is 1.55. The molecule has 0 aromatic heterocycles. The molecular weight excluding hydrogens is 420 g/mol. The molecule has 2 fully saturated rings. The van der Waals surface area contributed by atoms with Crippen LogP contribution in [0.15, 0.2) is 42.1 Å². The Hall–Kier alpha value is -2.86. The first-order valence-electron chi connectivity index (χ1n) is 11.2. The van der Waals surface area contributed by atoms with Gasteiger partial charge in [-0.05, 0) is 73.8 Å². The van der Waals surface area contributed by atoms with E-state index in [2.05, 4.69) is 5.32 Å². The molecule has 2 aromatic carbocycles. The van der Waals surface area contributed by atoms with E-state index in [0.717, 1.165) is 59.4 Å². The molecule has 4 rings (SSSR count). The number of thiocarbonyl (C=S) groups is 1. The van der Waals surface area contributed by atoms with Gasteiger partial charge in [0.25, 0.3) is 5.91 Å². The van der Waals surface area contributed by atoms with Crippen molar-refractivity contribution in [2.45, 2.75) is 58.6 Å². The first kappa shape index (κ1) is 22.3. The van der Waals surface area contributed by atoms with Crippen LogP contribution < -0.4 is 14.8 Å². The predicted molar refractivity (Wildman–Crippen MR) is 131 cm³/mol. The highest BCUT2D eigenvalue weighted by atomic mass is 32.1. The zero-order chi connectivity index (χ0) is 22.7. The summed E-state index contributed by atoms with van der Waals surface area (Å²) in [6, 6.07) is 12.2. The van der Waals surface area contributed by atoms with Gasteiger partial charge in [-0.3, -0.25) is 9.69 Å². The molecule has 6 heteroatoms. The van der Waals surface area contributed by atoms with E-state index in [1.165, 1.54) is 6.42 Å². The van der Waals surface area contributed by atoms with Crippen LogP contribution in [0.2, 0.25) is 0 Å². The molecule has 0 unspecified atom stereocenters. The Labute approximate surface area is 195 Å². The second-order valence-electron chi connectivity index (χ2n) is 8.54. The van der Waals surface area contributed by atoms with Crippen molar-refractivity contribution in [2.24, 2.45) is 0 Å². The van der Waals surface area contributed by atoms with Crippen molar-refractivity contribution < 1.29 is 14.3 Å². The summed E-state index contributed by atoms with van der Waals surface area (Å²) in [6.45, 7) is 4.46. The number of carbonyl (C=O) groups is 1. The maximum absolute atomic E-state index is 13.1. The van der Waals surface area contributed by atoms with Crippen molar-refractivity contribution in [3.8, 4) is 11.5 Å². The summed E-state index contributed by atoms with van der Waals surface area (Å²) in [6.07, 6.45) is 7.43. The number of rotatable bonds is 6. The predicted octanol–water partition coefficient (Wildman–Crippen LogP) is 5.28. The summed E-state index contributed by atoms with van der Waals surface area (Å²) < 4.78 is 11.7. The van der Waals surface area contributed by atoms with E-state index in [-0.39, 0.29) is 11.9 Å². The largest absolute Gasteiger partial charge is 0.496 e. The fourth-order valence-corrected chi connectivity index (χ4v) is 4.91. The first-order valence-corrected chi connectivity index (χ1v) is 11.6. The molecule has 168 valence electrons. The van der Waals surface area contributed by atoms with Gasteiger partial charge in [0.2, 0.25) is 0 Å². The summed E-state index contributed by atoms with van der Waals surface area (Å²) in [7, 11) is 1.65. The minimum atomic E-state index is -0.0361. The van der Waals surface area contributed by atoms with E-state index in [1.807, 2.05) is 56.3 Å². The van der Waals surface area contributed by atoms with E-state index in [0.29, 0.717) is 17.4 Å². The van der Waals surface area contributed by atoms with Crippen LogP contribution in [0.1, 0.15) is 54.4 Å². The van der Waals surface area contributed by atoms with Gasteiger partial charge < -0.3 is 14.8 Å². The van der Waals surface area contributed by atoms with Crippen molar-refractivity contribution in [3.63, 3.8) is 0 Å². The lowest BCUT2D eigenvalue weighted by Crippen LogP contribution is -2.41. The smallest absolute Gasteiger partial charge is 0.276 e. The van der Waals surface area contributed by atoms with Crippen LogP contribution in [-0.4, -0.2) is 29.1 Å². The number of nitrogens with one attached hydrogen (secondary N) is 1. The Morgan fingerprint density at radius 3 is 2.53 bits per heavy atom. The molecule has 2 aromatic rings. The molecule has 32 heavy (non-hydrogen) atoms. The fraction of sp³-hybridized carbons (Fsp3) is 0.385. The van der Waals surface area contributed by atoms with E-state index in [9.17, 15) is 4.79 Å². The van der Waals surface area contributed by atoms with Crippen molar-refractivity contribution in [2.75, 3.05) is 7.11 Å². The lowest BCUT2D eigenvalue weighted by Gasteiger charge is -2.29. The number of hydrogen-bond acceptors (Lipinski definition) is 4. The zero-order valence-corrected chi connectivity index (χ0v) is 19.8. The number of para-hydroxylation sites is 1. The maximum atomic E-state index is 13.1. The summed E-state index contributed by atoms with van der Waals surface area (Å²) in [5.74, 6) is 1.61. The van der Waals surface area contributed by atoms with Crippen molar-refractivity contribution >= 4 is 29.3 Å². The number of amides is 1. The van der Waals surface area contributed by atoms with E-state index in [4.69, 9.17) is 21.7 Å². The Morgan fingerprint density at radius 2 is 1.84 bits per heavy atom. The molecule has 2 aliphatic rings. The van der Waals surface area contributed by atoms with Crippen molar-refractivity contribution in [3.05, 3.63) is 64.3 Å². The van der Waals surface area contributed by atoms with E-state index in [1.54, 1.807) is 12.0 Å². The van der Waals surface area contributed by atoms with Gasteiger partial charge in [-0.15, -0.1) is 0 Å². The van der Waals surface area contributed by atoms with Crippen molar-refractivity contribution in [1.82, 2.24) is 10.2 Å². The first-order chi connectivity index (χ1) is 15.5. The topological polar surface area (TPSA) is 50.8 Å². The number of nitrogens with zero attached hydrogens (tertiary/aromatic N) is 1. The second kappa shape index (κ2) is 9.74. The summed E-state index contributed by atoms with van der Waals surface area (Å²) in [5.41, 5.74) is 4.53. The highest BCUT2D eigenvalue weighted by Crippen LogP contribution is 2.29. The summed E-state index contributed by atoms with van der Waals surface area (Å²) in [5, 5.41) is 3.64. The highest BCUT2D eigenvalue weighted by Gasteiger charge is 2.36. The van der Waals surface area contributed by atoms with E-state index >= 15 is 0 Å². The molecule has 1 N–H and O–H groups in total. The fourth-order valence-electron chi connectivity index (χ4n) is 4.56.